The average Bonchev–Trinajstić information content (AvgIpc) is 2.67. The molecule has 0 amide bonds. The summed E-state index contributed by atoms with van der Waals surface area (Å²) in [5.41, 5.74) is 0.862. The SMILES string of the molecule is CCCOc1cc(Nc2ccc(NS(=O)(=O)c3ccc(F)cc3F)cc2)nc(C)n1. The molecule has 0 saturated heterocycles. The first kappa shape index (κ1) is 21.4. The number of aryl methyl sites for hydroxylation is 1. The molecule has 0 unspecified atom stereocenters. The summed E-state index contributed by atoms with van der Waals surface area (Å²) in [5.74, 6) is -0.504. The first-order valence-electron chi connectivity index (χ1n) is 9.10. The molecule has 0 spiro atoms. The predicted molar refractivity (Wildman–Crippen MR) is 109 cm³/mol. The molecule has 2 aromatic carbocycles. The molecular formula is C20H20F2N4O3S. The van der Waals surface area contributed by atoms with Gasteiger partial charge in [-0.3, -0.25) is 4.72 Å². The van der Waals surface area contributed by atoms with Gasteiger partial charge in [-0.05, 0) is 49.7 Å². The van der Waals surface area contributed by atoms with Gasteiger partial charge in [-0.15, -0.1) is 0 Å². The Morgan fingerprint density at radius 3 is 2.37 bits per heavy atom. The lowest BCUT2D eigenvalue weighted by atomic mass is 10.3. The van der Waals surface area contributed by atoms with E-state index in [1.165, 1.54) is 12.1 Å². The van der Waals surface area contributed by atoms with Crippen molar-refractivity contribution in [1.82, 2.24) is 9.97 Å². The van der Waals surface area contributed by atoms with Crippen LogP contribution >= 0.6 is 0 Å². The van der Waals surface area contributed by atoms with Crippen molar-refractivity contribution in [2.75, 3.05) is 16.6 Å². The zero-order chi connectivity index (χ0) is 21.7. The summed E-state index contributed by atoms with van der Waals surface area (Å²) in [6.45, 7) is 4.28. The number of nitrogens with one attached hydrogen (secondary N) is 2. The van der Waals surface area contributed by atoms with Crippen molar-refractivity contribution in [1.29, 1.82) is 0 Å². The number of sulfonamides is 1. The monoisotopic (exact) mass is 434 g/mol. The van der Waals surface area contributed by atoms with Gasteiger partial charge in [0.25, 0.3) is 10.0 Å². The van der Waals surface area contributed by atoms with Crippen molar-refractivity contribution in [2.24, 2.45) is 0 Å². The molecule has 1 heterocycles. The molecule has 0 aliphatic rings. The third-order valence-corrected chi connectivity index (χ3v) is 5.28. The van der Waals surface area contributed by atoms with Gasteiger partial charge in [0.2, 0.25) is 5.88 Å². The summed E-state index contributed by atoms with van der Waals surface area (Å²) < 4.78 is 59.3. The van der Waals surface area contributed by atoms with E-state index in [9.17, 15) is 17.2 Å². The van der Waals surface area contributed by atoms with E-state index in [1.54, 1.807) is 25.1 Å². The second-order valence-electron chi connectivity index (χ2n) is 6.37. The number of aromatic nitrogens is 2. The Kier molecular flexibility index (Phi) is 6.46. The number of hydrogen-bond donors (Lipinski definition) is 2. The van der Waals surface area contributed by atoms with Gasteiger partial charge in [-0.1, -0.05) is 6.92 Å². The highest BCUT2D eigenvalue weighted by atomic mass is 32.2. The highest BCUT2D eigenvalue weighted by molar-refractivity contribution is 7.92. The molecular weight excluding hydrogens is 414 g/mol. The fourth-order valence-electron chi connectivity index (χ4n) is 2.56. The zero-order valence-corrected chi connectivity index (χ0v) is 17.1. The van der Waals surface area contributed by atoms with Crippen molar-refractivity contribution < 1.29 is 21.9 Å². The maximum Gasteiger partial charge on any atom is 0.264 e. The van der Waals surface area contributed by atoms with E-state index in [4.69, 9.17) is 4.74 Å². The second kappa shape index (κ2) is 9.04. The smallest absolute Gasteiger partial charge is 0.264 e. The number of rotatable bonds is 8. The molecule has 3 aromatic rings. The van der Waals surface area contributed by atoms with E-state index < -0.39 is 26.6 Å². The van der Waals surface area contributed by atoms with Crippen LogP contribution in [0.5, 0.6) is 5.88 Å². The van der Waals surface area contributed by atoms with Gasteiger partial charge in [0.15, 0.2) is 0 Å². The number of halogens is 2. The maximum atomic E-state index is 13.8. The highest BCUT2D eigenvalue weighted by Crippen LogP contribution is 2.23. The highest BCUT2D eigenvalue weighted by Gasteiger charge is 2.19. The van der Waals surface area contributed by atoms with E-state index in [1.807, 2.05) is 6.92 Å². The molecule has 0 aliphatic carbocycles. The molecule has 2 N–H and O–H groups in total. The minimum Gasteiger partial charge on any atom is -0.478 e. The number of ether oxygens (including phenoxy) is 1. The van der Waals surface area contributed by atoms with Gasteiger partial charge < -0.3 is 10.1 Å². The van der Waals surface area contributed by atoms with Crippen molar-refractivity contribution in [3.8, 4) is 5.88 Å². The van der Waals surface area contributed by atoms with Crippen molar-refractivity contribution in [2.45, 2.75) is 25.2 Å². The van der Waals surface area contributed by atoms with Gasteiger partial charge in [-0.2, -0.15) is 4.98 Å². The summed E-state index contributed by atoms with van der Waals surface area (Å²) in [6, 6.07) is 10.2. The molecule has 10 heteroatoms. The van der Waals surface area contributed by atoms with Crippen LogP contribution in [0, 0.1) is 18.6 Å². The van der Waals surface area contributed by atoms with E-state index in [2.05, 4.69) is 20.0 Å². The quantitative estimate of drug-likeness (QED) is 0.546. The summed E-state index contributed by atoms with van der Waals surface area (Å²) in [4.78, 5) is 7.86. The second-order valence-corrected chi connectivity index (χ2v) is 8.02. The van der Waals surface area contributed by atoms with Crippen molar-refractivity contribution >= 4 is 27.2 Å². The molecule has 0 fully saturated rings. The zero-order valence-electron chi connectivity index (χ0n) is 16.3. The van der Waals surface area contributed by atoms with Gasteiger partial charge in [0, 0.05) is 23.5 Å². The lowest BCUT2D eigenvalue weighted by molar-refractivity contribution is 0.304. The van der Waals surface area contributed by atoms with Crippen LogP contribution in [0.1, 0.15) is 19.2 Å². The first-order valence-corrected chi connectivity index (χ1v) is 10.6. The van der Waals surface area contributed by atoms with Gasteiger partial charge >= 0.3 is 0 Å². The van der Waals surface area contributed by atoms with Crippen LogP contribution in [-0.4, -0.2) is 25.0 Å². The Balaban J connectivity index is 1.73. The largest absolute Gasteiger partial charge is 0.478 e. The number of benzene rings is 2. The van der Waals surface area contributed by atoms with Crippen LogP contribution < -0.4 is 14.8 Å². The Morgan fingerprint density at radius 1 is 1.00 bits per heavy atom. The fraction of sp³-hybridized carbons (Fsp3) is 0.200. The van der Waals surface area contributed by atoms with Gasteiger partial charge in [0.05, 0.1) is 6.61 Å². The van der Waals surface area contributed by atoms with Crippen LogP contribution in [0.15, 0.2) is 53.4 Å². The third-order valence-electron chi connectivity index (χ3n) is 3.86. The Bertz CT molecular complexity index is 1140. The Labute approximate surface area is 173 Å². The predicted octanol–water partition coefficient (Wildman–Crippen LogP) is 4.40. The van der Waals surface area contributed by atoms with Crippen LogP contribution in [0.3, 0.4) is 0 Å². The minimum atomic E-state index is -4.20. The summed E-state index contributed by atoms with van der Waals surface area (Å²) in [7, 11) is -4.20. The standard InChI is InChI=1S/C20H20F2N4O3S/c1-3-10-29-20-12-19(23-13(2)24-20)25-15-5-7-16(8-6-15)26-30(27,28)18-9-4-14(21)11-17(18)22/h4-9,11-12,26H,3,10H2,1-2H3,(H,23,24,25). The summed E-state index contributed by atoms with van der Waals surface area (Å²) in [6.07, 6.45) is 0.852. The van der Waals surface area contributed by atoms with E-state index in [0.717, 1.165) is 18.6 Å². The molecule has 0 bridgehead atoms. The minimum absolute atomic E-state index is 0.218. The molecule has 1 aromatic heterocycles. The third kappa shape index (κ3) is 5.41. The lowest BCUT2D eigenvalue weighted by Crippen LogP contribution is -2.14. The first-order chi connectivity index (χ1) is 14.3. The van der Waals surface area contributed by atoms with E-state index in [0.29, 0.717) is 35.9 Å². The van der Waals surface area contributed by atoms with E-state index >= 15 is 0 Å². The molecule has 0 radical (unpaired) electrons. The molecule has 0 aliphatic heterocycles. The number of nitrogens with zero attached hydrogens (tertiary/aromatic N) is 2. The number of anilines is 3. The molecule has 158 valence electrons. The molecule has 0 atom stereocenters. The topological polar surface area (TPSA) is 93.2 Å². The summed E-state index contributed by atoms with van der Waals surface area (Å²) in [5, 5.41) is 3.09. The van der Waals surface area contributed by atoms with Gasteiger partial charge in [0.1, 0.15) is 28.2 Å². The van der Waals surface area contributed by atoms with Crippen LogP contribution in [0.25, 0.3) is 0 Å². The fourth-order valence-corrected chi connectivity index (χ4v) is 3.68. The molecule has 3 rings (SSSR count). The maximum absolute atomic E-state index is 13.8. The van der Waals surface area contributed by atoms with Crippen LogP contribution in [0.2, 0.25) is 0 Å². The van der Waals surface area contributed by atoms with E-state index in [-0.39, 0.29) is 5.69 Å². The Hall–Kier alpha value is -3.27. The molecule has 30 heavy (non-hydrogen) atoms. The average molecular weight is 434 g/mol. The molecule has 0 saturated carbocycles. The van der Waals surface area contributed by atoms with Crippen LogP contribution in [0.4, 0.5) is 26.0 Å². The van der Waals surface area contributed by atoms with Gasteiger partial charge in [-0.25, -0.2) is 22.2 Å². The number of hydrogen-bond acceptors (Lipinski definition) is 6. The molecule has 7 nitrogen and oxygen atoms in total. The lowest BCUT2D eigenvalue weighted by Gasteiger charge is -2.11. The van der Waals surface area contributed by atoms with Crippen LogP contribution in [-0.2, 0) is 10.0 Å². The normalized spacial score (nSPS) is 11.2. The van der Waals surface area contributed by atoms with Crippen molar-refractivity contribution in [3.63, 3.8) is 0 Å². The Morgan fingerprint density at radius 2 is 1.70 bits per heavy atom. The van der Waals surface area contributed by atoms with Crippen molar-refractivity contribution in [3.05, 3.63) is 66.0 Å². The summed E-state index contributed by atoms with van der Waals surface area (Å²) >= 11 is 0.